The van der Waals surface area contributed by atoms with Gasteiger partial charge < -0.3 is 5.73 Å². The fourth-order valence-corrected chi connectivity index (χ4v) is 2.79. The first kappa shape index (κ1) is 13.8. The monoisotopic (exact) mass is 311 g/mol. The van der Waals surface area contributed by atoms with Crippen molar-refractivity contribution in [2.24, 2.45) is 0 Å². The molecule has 0 aliphatic carbocycles. The molecule has 0 saturated carbocycles. The number of hydrogen-bond acceptors (Lipinski definition) is 3. The van der Waals surface area contributed by atoms with Crippen LogP contribution < -0.4 is 5.73 Å². The lowest BCUT2D eigenvalue weighted by molar-refractivity contribution is 0.104. The molecule has 3 nitrogen and oxygen atoms in total. The Balaban J connectivity index is 1.89. The second-order valence-electron chi connectivity index (χ2n) is 5.26. The van der Waals surface area contributed by atoms with Crippen molar-refractivity contribution in [3.8, 4) is 0 Å². The summed E-state index contributed by atoms with van der Waals surface area (Å²) in [6.45, 7) is 10.2. The smallest absolute Gasteiger partial charge is 0.0458 e. The maximum atomic E-state index is 5.81. The Kier molecular flexibility index (Phi) is 4.65. The first-order valence-electron chi connectivity index (χ1n) is 6.56. The summed E-state index contributed by atoms with van der Waals surface area (Å²) in [5.41, 5.74) is 7.94. The van der Waals surface area contributed by atoms with Crippen LogP contribution in [0.4, 0.5) is 5.69 Å². The standard InChI is InChI=1S/C14H22BrN3/c1-11(2)18-7-5-17(6-8-18)10-12-3-4-14(16)13(15)9-12/h3-4,9,11H,5-8,10,16H2,1-2H3. The highest BCUT2D eigenvalue weighted by molar-refractivity contribution is 9.10. The van der Waals surface area contributed by atoms with Crippen molar-refractivity contribution < 1.29 is 0 Å². The van der Waals surface area contributed by atoms with Crippen molar-refractivity contribution in [1.29, 1.82) is 0 Å². The molecule has 1 heterocycles. The van der Waals surface area contributed by atoms with Crippen LogP contribution in [-0.2, 0) is 6.54 Å². The molecule has 2 rings (SSSR count). The minimum atomic E-state index is 0.665. The van der Waals surface area contributed by atoms with Crippen LogP contribution in [0.3, 0.4) is 0 Å². The average molecular weight is 312 g/mol. The Labute approximate surface area is 118 Å². The van der Waals surface area contributed by atoms with Gasteiger partial charge in [-0.3, -0.25) is 9.80 Å². The van der Waals surface area contributed by atoms with Gasteiger partial charge in [-0.1, -0.05) is 6.07 Å². The van der Waals surface area contributed by atoms with Crippen LogP contribution in [0.15, 0.2) is 22.7 Å². The summed E-state index contributed by atoms with van der Waals surface area (Å²) >= 11 is 3.49. The highest BCUT2D eigenvalue weighted by Crippen LogP contribution is 2.21. The van der Waals surface area contributed by atoms with Gasteiger partial charge in [-0.15, -0.1) is 0 Å². The lowest BCUT2D eigenvalue weighted by Gasteiger charge is -2.37. The van der Waals surface area contributed by atoms with Gasteiger partial charge in [0.25, 0.3) is 0 Å². The average Bonchev–Trinajstić information content (AvgIpc) is 2.34. The number of piperazine rings is 1. The van der Waals surface area contributed by atoms with Gasteiger partial charge in [0.05, 0.1) is 0 Å². The molecule has 1 aromatic carbocycles. The van der Waals surface area contributed by atoms with Gasteiger partial charge >= 0.3 is 0 Å². The normalized spacial score (nSPS) is 18.4. The third kappa shape index (κ3) is 3.46. The highest BCUT2D eigenvalue weighted by atomic mass is 79.9. The number of halogens is 1. The zero-order valence-electron chi connectivity index (χ0n) is 11.2. The van der Waals surface area contributed by atoms with E-state index in [1.807, 2.05) is 6.07 Å². The third-order valence-electron chi connectivity index (χ3n) is 3.61. The molecule has 1 fully saturated rings. The Morgan fingerprint density at radius 3 is 2.44 bits per heavy atom. The molecule has 0 aromatic heterocycles. The molecule has 0 bridgehead atoms. The molecule has 1 aromatic rings. The number of rotatable bonds is 3. The minimum Gasteiger partial charge on any atom is -0.398 e. The van der Waals surface area contributed by atoms with Gasteiger partial charge in [0.15, 0.2) is 0 Å². The predicted molar refractivity (Wildman–Crippen MR) is 80.5 cm³/mol. The summed E-state index contributed by atoms with van der Waals surface area (Å²) in [5, 5.41) is 0. The number of benzene rings is 1. The van der Waals surface area contributed by atoms with Crippen molar-refractivity contribution in [3.05, 3.63) is 28.2 Å². The number of nitrogens with two attached hydrogens (primary N) is 1. The summed E-state index contributed by atoms with van der Waals surface area (Å²) in [4.78, 5) is 5.05. The molecule has 0 atom stereocenters. The van der Waals surface area contributed by atoms with Gasteiger partial charge in [0.1, 0.15) is 0 Å². The van der Waals surface area contributed by atoms with E-state index < -0.39 is 0 Å². The number of hydrogen-bond donors (Lipinski definition) is 1. The number of anilines is 1. The Morgan fingerprint density at radius 2 is 1.89 bits per heavy atom. The maximum absolute atomic E-state index is 5.81. The molecule has 0 spiro atoms. The molecule has 1 aliphatic rings. The Morgan fingerprint density at radius 1 is 1.22 bits per heavy atom. The van der Waals surface area contributed by atoms with Crippen LogP contribution in [-0.4, -0.2) is 42.0 Å². The topological polar surface area (TPSA) is 32.5 Å². The van der Waals surface area contributed by atoms with Gasteiger partial charge in [-0.2, -0.15) is 0 Å². The van der Waals surface area contributed by atoms with Gasteiger partial charge in [0, 0.05) is 48.9 Å². The second kappa shape index (κ2) is 6.04. The highest BCUT2D eigenvalue weighted by Gasteiger charge is 2.18. The van der Waals surface area contributed by atoms with Gasteiger partial charge in [-0.25, -0.2) is 0 Å². The van der Waals surface area contributed by atoms with E-state index in [9.17, 15) is 0 Å². The van der Waals surface area contributed by atoms with E-state index in [1.165, 1.54) is 18.7 Å². The fraction of sp³-hybridized carbons (Fsp3) is 0.571. The molecule has 1 saturated heterocycles. The number of nitrogen functional groups attached to an aromatic ring is 1. The van der Waals surface area contributed by atoms with Crippen molar-refractivity contribution >= 4 is 21.6 Å². The molecule has 18 heavy (non-hydrogen) atoms. The van der Waals surface area contributed by atoms with Crippen LogP contribution in [0.25, 0.3) is 0 Å². The SMILES string of the molecule is CC(C)N1CCN(Cc2ccc(N)c(Br)c2)CC1. The summed E-state index contributed by atoms with van der Waals surface area (Å²) in [7, 11) is 0. The minimum absolute atomic E-state index is 0.665. The molecule has 0 unspecified atom stereocenters. The Hall–Kier alpha value is -0.580. The lowest BCUT2D eigenvalue weighted by atomic mass is 10.1. The van der Waals surface area contributed by atoms with E-state index in [0.717, 1.165) is 29.8 Å². The first-order chi connectivity index (χ1) is 8.56. The maximum Gasteiger partial charge on any atom is 0.0458 e. The molecule has 0 radical (unpaired) electrons. The van der Waals surface area contributed by atoms with Crippen LogP contribution in [0.5, 0.6) is 0 Å². The van der Waals surface area contributed by atoms with E-state index in [-0.39, 0.29) is 0 Å². The molecule has 100 valence electrons. The van der Waals surface area contributed by atoms with Crippen molar-refractivity contribution in [1.82, 2.24) is 9.80 Å². The molecule has 1 aliphatic heterocycles. The van der Waals surface area contributed by atoms with E-state index in [1.54, 1.807) is 0 Å². The second-order valence-corrected chi connectivity index (χ2v) is 6.12. The predicted octanol–water partition coefficient (Wildman–Crippen LogP) is 2.56. The van der Waals surface area contributed by atoms with Crippen molar-refractivity contribution in [3.63, 3.8) is 0 Å². The van der Waals surface area contributed by atoms with Crippen molar-refractivity contribution in [2.75, 3.05) is 31.9 Å². The number of nitrogens with zero attached hydrogens (tertiary/aromatic N) is 2. The summed E-state index contributed by atoms with van der Waals surface area (Å²) in [5.74, 6) is 0. The lowest BCUT2D eigenvalue weighted by Crippen LogP contribution is -2.48. The largest absolute Gasteiger partial charge is 0.398 e. The van der Waals surface area contributed by atoms with E-state index in [4.69, 9.17) is 5.73 Å². The van der Waals surface area contributed by atoms with Crippen LogP contribution >= 0.6 is 15.9 Å². The summed E-state index contributed by atoms with van der Waals surface area (Å²) < 4.78 is 1.00. The van der Waals surface area contributed by atoms with Crippen molar-refractivity contribution in [2.45, 2.75) is 26.4 Å². The Bertz CT molecular complexity index is 398. The third-order valence-corrected chi connectivity index (χ3v) is 4.29. The van der Waals surface area contributed by atoms with Gasteiger partial charge in [-0.05, 0) is 47.5 Å². The summed E-state index contributed by atoms with van der Waals surface area (Å²) in [6.07, 6.45) is 0. The fourth-order valence-electron chi connectivity index (χ4n) is 2.37. The zero-order valence-corrected chi connectivity index (χ0v) is 12.8. The van der Waals surface area contributed by atoms with E-state index >= 15 is 0 Å². The first-order valence-corrected chi connectivity index (χ1v) is 7.36. The zero-order chi connectivity index (χ0) is 13.1. The van der Waals surface area contributed by atoms with Crippen LogP contribution in [0.1, 0.15) is 19.4 Å². The van der Waals surface area contributed by atoms with E-state index in [0.29, 0.717) is 6.04 Å². The molecule has 4 heteroatoms. The molecule has 0 amide bonds. The molecule has 2 N–H and O–H groups in total. The molecular weight excluding hydrogens is 290 g/mol. The quantitative estimate of drug-likeness (QED) is 0.871. The van der Waals surface area contributed by atoms with E-state index in [2.05, 4.69) is 51.7 Å². The van der Waals surface area contributed by atoms with Crippen LogP contribution in [0.2, 0.25) is 0 Å². The molecular formula is C14H22BrN3. The van der Waals surface area contributed by atoms with Crippen LogP contribution in [0, 0.1) is 0 Å². The summed E-state index contributed by atoms with van der Waals surface area (Å²) in [6, 6.07) is 6.89. The van der Waals surface area contributed by atoms with Gasteiger partial charge in [0.2, 0.25) is 0 Å².